The molecule has 0 atom stereocenters. The van der Waals surface area contributed by atoms with E-state index in [0.717, 1.165) is 44.9 Å². The fraction of sp³-hybridized carbons (Fsp3) is 0.857. The summed E-state index contributed by atoms with van der Waals surface area (Å²) >= 11 is 0. The first-order valence-electron chi connectivity index (χ1n) is 7.30. The Labute approximate surface area is 115 Å². The number of hydrogen-bond acceptors (Lipinski definition) is 3. The van der Waals surface area contributed by atoms with Crippen molar-refractivity contribution in [3.8, 4) is 0 Å². The van der Waals surface area contributed by atoms with Crippen LogP contribution in [0.3, 0.4) is 0 Å². The molecule has 1 aliphatic rings. The van der Waals surface area contributed by atoms with Crippen LogP contribution < -0.4 is 10.6 Å². The molecule has 0 saturated heterocycles. The topological polar surface area (TPSA) is 78.4 Å². The Kier molecular flexibility index (Phi) is 7.48. The molecule has 1 rings (SSSR count). The van der Waals surface area contributed by atoms with Gasteiger partial charge >= 0.3 is 0 Å². The molecule has 0 aromatic rings. The first kappa shape index (κ1) is 16.0. The van der Waals surface area contributed by atoms with Crippen LogP contribution in [0.4, 0.5) is 0 Å². The molecular formula is C14H26N2O3. The van der Waals surface area contributed by atoms with Gasteiger partial charge in [-0.15, -0.1) is 0 Å². The van der Waals surface area contributed by atoms with Crippen molar-refractivity contribution in [3.63, 3.8) is 0 Å². The molecule has 110 valence electrons. The lowest BCUT2D eigenvalue weighted by Gasteiger charge is -2.26. The van der Waals surface area contributed by atoms with E-state index in [4.69, 9.17) is 0 Å². The van der Waals surface area contributed by atoms with Crippen molar-refractivity contribution in [1.82, 2.24) is 10.6 Å². The molecule has 5 nitrogen and oxygen atoms in total. The maximum Gasteiger partial charge on any atom is 0.220 e. The van der Waals surface area contributed by atoms with Crippen LogP contribution >= 0.6 is 0 Å². The first-order chi connectivity index (χ1) is 9.08. The van der Waals surface area contributed by atoms with Crippen LogP contribution in [0.15, 0.2) is 0 Å². The summed E-state index contributed by atoms with van der Waals surface area (Å²) in [4.78, 5) is 22.3. The fourth-order valence-corrected chi connectivity index (χ4v) is 2.37. The van der Waals surface area contributed by atoms with E-state index in [1.807, 2.05) is 0 Å². The highest BCUT2D eigenvalue weighted by Crippen LogP contribution is 2.18. The van der Waals surface area contributed by atoms with E-state index < -0.39 is 0 Å². The Morgan fingerprint density at radius 1 is 1.11 bits per heavy atom. The van der Waals surface area contributed by atoms with E-state index in [1.54, 1.807) is 0 Å². The van der Waals surface area contributed by atoms with Gasteiger partial charge in [0.1, 0.15) is 0 Å². The van der Waals surface area contributed by atoms with Gasteiger partial charge in [0.25, 0.3) is 0 Å². The van der Waals surface area contributed by atoms with E-state index >= 15 is 0 Å². The lowest BCUT2D eigenvalue weighted by atomic mass is 9.93. The zero-order valence-corrected chi connectivity index (χ0v) is 11.8. The Bertz CT molecular complexity index is 286. The maximum atomic E-state index is 11.7. The maximum absolute atomic E-state index is 11.7. The minimum atomic E-state index is -0.179. The molecule has 0 aliphatic heterocycles. The summed E-state index contributed by atoms with van der Waals surface area (Å²) in [5.41, 5.74) is 0. The Morgan fingerprint density at radius 2 is 1.79 bits per heavy atom. The zero-order valence-electron chi connectivity index (χ0n) is 11.8. The predicted molar refractivity (Wildman–Crippen MR) is 73.6 cm³/mol. The average Bonchev–Trinajstić information content (AvgIpc) is 2.36. The van der Waals surface area contributed by atoms with E-state index in [1.165, 1.54) is 6.92 Å². The van der Waals surface area contributed by atoms with Crippen LogP contribution in [0, 0.1) is 0 Å². The number of rotatable bonds is 7. The molecule has 0 radical (unpaired) electrons. The molecule has 0 aromatic carbocycles. The molecule has 19 heavy (non-hydrogen) atoms. The van der Waals surface area contributed by atoms with Crippen LogP contribution in [0.5, 0.6) is 0 Å². The first-order valence-corrected chi connectivity index (χ1v) is 7.30. The normalized spacial score (nSPS) is 22.8. The molecular weight excluding hydrogens is 244 g/mol. The Balaban J connectivity index is 1.97. The molecule has 0 heterocycles. The SMILES string of the molecule is CC(=O)NCCCCCC(=O)NC1CCC(O)CC1. The highest BCUT2D eigenvalue weighted by molar-refractivity contribution is 5.76. The lowest BCUT2D eigenvalue weighted by Crippen LogP contribution is -2.38. The number of aliphatic hydroxyl groups excluding tert-OH is 1. The van der Waals surface area contributed by atoms with Gasteiger partial charge < -0.3 is 15.7 Å². The highest BCUT2D eigenvalue weighted by atomic mass is 16.3. The van der Waals surface area contributed by atoms with Gasteiger partial charge in [-0.25, -0.2) is 0 Å². The van der Waals surface area contributed by atoms with Crippen molar-refractivity contribution in [1.29, 1.82) is 0 Å². The number of carbonyl (C=O) groups is 2. The molecule has 5 heteroatoms. The monoisotopic (exact) mass is 270 g/mol. The number of hydrogen-bond donors (Lipinski definition) is 3. The van der Waals surface area contributed by atoms with Gasteiger partial charge in [-0.2, -0.15) is 0 Å². The van der Waals surface area contributed by atoms with E-state index in [0.29, 0.717) is 13.0 Å². The van der Waals surface area contributed by atoms with Crippen molar-refractivity contribution in [2.45, 2.75) is 70.4 Å². The molecule has 1 aliphatic carbocycles. The van der Waals surface area contributed by atoms with Gasteiger partial charge in [-0.05, 0) is 38.5 Å². The smallest absolute Gasteiger partial charge is 0.220 e. The number of aliphatic hydroxyl groups is 1. The lowest BCUT2D eigenvalue weighted by molar-refractivity contribution is -0.122. The van der Waals surface area contributed by atoms with Crippen molar-refractivity contribution in [3.05, 3.63) is 0 Å². The molecule has 2 amide bonds. The summed E-state index contributed by atoms with van der Waals surface area (Å²) < 4.78 is 0. The van der Waals surface area contributed by atoms with Gasteiger partial charge in [-0.1, -0.05) is 6.42 Å². The Morgan fingerprint density at radius 3 is 2.42 bits per heavy atom. The third-order valence-corrected chi connectivity index (χ3v) is 3.52. The van der Waals surface area contributed by atoms with Crippen molar-refractivity contribution < 1.29 is 14.7 Å². The number of unbranched alkanes of at least 4 members (excludes halogenated alkanes) is 2. The van der Waals surface area contributed by atoms with Gasteiger partial charge in [-0.3, -0.25) is 9.59 Å². The number of nitrogens with one attached hydrogen (secondary N) is 2. The molecule has 1 fully saturated rings. The largest absolute Gasteiger partial charge is 0.393 e. The third kappa shape index (κ3) is 7.82. The number of amides is 2. The summed E-state index contributed by atoms with van der Waals surface area (Å²) in [5.74, 6) is 0.109. The van der Waals surface area contributed by atoms with Gasteiger partial charge in [0.05, 0.1) is 6.10 Å². The summed E-state index contributed by atoms with van der Waals surface area (Å²) in [7, 11) is 0. The second kappa shape index (κ2) is 8.91. The summed E-state index contributed by atoms with van der Waals surface area (Å²) in [6, 6.07) is 0.246. The standard InChI is InChI=1S/C14H26N2O3/c1-11(17)15-10-4-2-3-5-14(19)16-12-6-8-13(18)9-7-12/h12-13,18H,2-10H2,1H3,(H,15,17)(H,16,19). The summed E-state index contributed by atoms with van der Waals surface area (Å²) in [5, 5.41) is 15.2. The minimum absolute atomic E-state index is 0.00257. The molecule has 0 spiro atoms. The fourth-order valence-electron chi connectivity index (χ4n) is 2.37. The van der Waals surface area contributed by atoms with E-state index in [-0.39, 0.29) is 24.0 Å². The van der Waals surface area contributed by atoms with E-state index in [9.17, 15) is 14.7 Å². The molecule has 1 saturated carbocycles. The van der Waals surface area contributed by atoms with Crippen LogP contribution in [-0.2, 0) is 9.59 Å². The van der Waals surface area contributed by atoms with Crippen LogP contribution in [0.25, 0.3) is 0 Å². The van der Waals surface area contributed by atoms with Gasteiger partial charge in [0.15, 0.2) is 0 Å². The molecule has 0 unspecified atom stereocenters. The van der Waals surface area contributed by atoms with Crippen LogP contribution in [-0.4, -0.2) is 35.6 Å². The van der Waals surface area contributed by atoms with Crippen LogP contribution in [0.2, 0.25) is 0 Å². The third-order valence-electron chi connectivity index (χ3n) is 3.52. The second-order valence-corrected chi connectivity index (χ2v) is 5.37. The predicted octanol–water partition coefficient (Wildman–Crippen LogP) is 1.10. The van der Waals surface area contributed by atoms with Crippen LogP contribution in [0.1, 0.15) is 58.3 Å². The Hall–Kier alpha value is -1.10. The molecule has 0 bridgehead atoms. The molecule has 3 N–H and O–H groups in total. The van der Waals surface area contributed by atoms with Gasteiger partial charge in [0, 0.05) is 25.9 Å². The van der Waals surface area contributed by atoms with E-state index in [2.05, 4.69) is 10.6 Å². The second-order valence-electron chi connectivity index (χ2n) is 5.37. The zero-order chi connectivity index (χ0) is 14.1. The number of carbonyl (C=O) groups excluding carboxylic acids is 2. The van der Waals surface area contributed by atoms with Crippen molar-refractivity contribution in [2.75, 3.05) is 6.54 Å². The minimum Gasteiger partial charge on any atom is -0.393 e. The average molecular weight is 270 g/mol. The van der Waals surface area contributed by atoms with Crippen molar-refractivity contribution >= 4 is 11.8 Å². The van der Waals surface area contributed by atoms with Crippen molar-refractivity contribution in [2.24, 2.45) is 0 Å². The highest BCUT2D eigenvalue weighted by Gasteiger charge is 2.20. The van der Waals surface area contributed by atoms with Gasteiger partial charge in [0.2, 0.25) is 11.8 Å². The summed E-state index contributed by atoms with van der Waals surface area (Å²) in [6.45, 7) is 2.20. The summed E-state index contributed by atoms with van der Waals surface area (Å²) in [6.07, 6.45) is 6.47. The quantitative estimate of drug-likeness (QED) is 0.606. The molecule has 0 aromatic heterocycles.